The van der Waals surface area contributed by atoms with Gasteiger partial charge in [0, 0.05) is 5.25 Å². The quantitative estimate of drug-likeness (QED) is 0.642. The van der Waals surface area contributed by atoms with Gasteiger partial charge in [-0.2, -0.15) is 11.8 Å². The zero-order valence-corrected chi connectivity index (χ0v) is 13.3. The first kappa shape index (κ1) is 17.5. The van der Waals surface area contributed by atoms with Crippen molar-refractivity contribution in [2.45, 2.75) is 52.2 Å². The molecule has 1 N–H and O–H groups in total. The SMILES string of the molecule is CS[C@@H](C/C=C(\C)CCC=C(C)C)/C(C)=C/CO. The van der Waals surface area contributed by atoms with Gasteiger partial charge in [-0.15, -0.1) is 0 Å². The predicted molar refractivity (Wildman–Crippen MR) is 85.2 cm³/mol. The van der Waals surface area contributed by atoms with Gasteiger partial charge >= 0.3 is 0 Å². The van der Waals surface area contributed by atoms with E-state index in [0.717, 1.165) is 19.3 Å². The summed E-state index contributed by atoms with van der Waals surface area (Å²) >= 11 is 1.85. The van der Waals surface area contributed by atoms with Crippen molar-refractivity contribution in [1.29, 1.82) is 0 Å². The molecule has 0 fully saturated rings. The van der Waals surface area contributed by atoms with Gasteiger partial charge in [-0.1, -0.05) is 34.9 Å². The number of aliphatic hydroxyl groups is 1. The minimum atomic E-state index is 0.145. The Bertz CT molecular complexity index is 309. The molecule has 1 atom stereocenters. The summed E-state index contributed by atoms with van der Waals surface area (Å²) in [5.74, 6) is 0. The van der Waals surface area contributed by atoms with E-state index < -0.39 is 0 Å². The molecular weight excluding hydrogens is 240 g/mol. The lowest BCUT2D eigenvalue weighted by molar-refractivity contribution is 0.341. The highest BCUT2D eigenvalue weighted by Gasteiger charge is 2.06. The van der Waals surface area contributed by atoms with Crippen LogP contribution in [0.2, 0.25) is 0 Å². The highest BCUT2D eigenvalue weighted by atomic mass is 32.2. The van der Waals surface area contributed by atoms with Crippen molar-refractivity contribution < 1.29 is 5.11 Å². The Hall–Kier alpha value is -0.470. The monoisotopic (exact) mass is 268 g/mol. The molecule has 104 valence electrons. The topological polar surface area (TPSA) is 20.2 Å². The van der Waals surface area contributed by atoms with Gasteiger partial charge in [0.25, 0.3) is 0 Å². The van der Waals surface area contributed by atoms with Crippen molar-refractivity contribution in [3.05, 3.63) is 34.9 Å². The first-order valence-electron chi connectivity index (χ1n) is 6.60. The molecule has 18 heavy (non-hydrogen) atoms. The van der Waals surface area contributed by atoms with Crippen LogP contribution in [0.5, 0.6) is 0 Å². The molecule has 0 rings (SSSR count). The second-order valence-electron chi connectivity index (χ2n) is 4.96. The lowest BCUT2D eigenvalue weighted by Crippen LogP contribution is -2.03. The minimum Gasteiger partial charge on any atom is -0.392 e. The number of allylic oxidation sites excluding steroid dienone is 4. The van der Waals surface area contributed by atoms with Crippen LogP contribution in [0.15, 0.2) is 34.9 Å². The van der Waals surface area contributed by atoms with Crippen molar-refractivity contribution in [3.8, 4) is 0 Å². The van der Waals surface area contributed by atoms with E-state index in [1.165, 1.54) is 16.7 Å². The summed E-state index contributed by atoms with van der Waals surface area (Å²) in [7, 11) is 0. The first-order chi connectivity index (χ1) is 8.51. The van der Waals surface area contributed by atoms with Gasteiger partial charge < -0.3 is 5.11 Å². The van der Waals surface area contributed by atoms with Crippen LogP contribution in [0.4, 0.5) is 0 Å². The summed E-state index contributed by atoms with van der Waals surface area (Å²) in [5, 5.41) is 9.41. The number of hydrogen-bond donors (Lipinski definition) is 1. The van der Waals surface area contributed by atoms with Crippen LogP contribution in [0.25, 0.3) is 0 Å². The van der Waals surface area contributed by atoms with Crippen LogP contribution in [0.3, 0.4) is 0 Å². The summed E-state index contributed by atoms with van der Waals surface area (Å²) in [5.41, 5.74) is 4.13. The van der Waals surface area contributed by atoms with Crippen molar-refractivity contribution in [2.24, 2.45) is 0 Å². The van der Waals surface area contributed by atoms with E-state index in [0.29, 0.717) is 5.25 Å². The van der Waals surface area contributed by atoms with Gasteiger partial charge in [0.2, 0.25) is 0 Å². The Morgan fingerprint density at radius 2 is 1.78 bits per heavy atom. The number of rotatable bonds is 8. The molecule has 0 aliphatic heterocycles. The van der Waals surface area contributed by atoms with E-state index in [4.69, 9.17) is 5.11 Å². The molecule has 0 saturated carbocycles. The van der Waals surface area contributed by atoms with E-state index in [1.54, 1.807) is 0 Å². The molecule has 0 spiro atoms. The third-order valence-electron chi connectivity index (χ3n) is 2.98. The van der Waals surface area contributed by atoms with Crippen LogP contribution >= 0.6 is 11.8 Å². The minimum absolute atomic E-state index is 0.145. The third-order valence-corrected chi connectivity index (χ3v) is 4.11. The average Bonchev–Trinajstić information content (AvgIpc) is 2.29. The van der Waals surface area contributed by atoms with Crippen LogP contribution in [-0.4, -0.2) is 23.2 Å². The summed E-state index contributed by atoms with van der Waals surface area (Å²) < 4.78 is 0. The summed E-state index contributed by atoms with van der Waals surface area (Å²) in [4.78, 5) is 0. The second-order valence-corrected chi connectivity index (χ2v) is 6.00. The molecule has 2 heteroatoms. The zero-order chi connectivity index (χ0) is 14.0. The van der Waals surface area contributed by atoms with Crippen LogP contribution in [0, 0.1) is 0 Å². The van der Waals surface area contributed by atoms with Crippen molar-refractivity contribution in [3.63, 3.8) is 0 Å². The Kier molecular flexibility index (Phi) is 10.2. The Labute approximate surface area is 117 Å². The fourth-order valence-corrected chi connectivity index (χ4v) is 2.50. The maximum Gasteiger partial charge on any atom is 0.0615 e. The molecule has 1 nitrogen and oxygen atoms in total. The van der Waals surface area contributed by atoms with Gasteiger partial charge in [0.15, 0.2) is 0 Å². The summed E-state index contributed by atoms with van der Waals surface area (Å²) in [6, 6.07) is 0. The van der Waals surface area contributed by atoms with E-state index in [1.807, 2.05) is 17.8 Å². The predicted octanol–water partition coefficient (Wildman–Crippen LogP) is 4.74. The molecule has 0 amide bonds. The lowest BCUT2D eigenvalue weighted by Gasteiger charge is -2.13. The highest BCUT2D eigenvalue weighted by molar-refractivity contribution is 7.99. The molecule has 0 bridgehead atoms. The summed E-state index contributed by atoms with van der Waals surface area (Å²) in [6.07, 6.45) is 12.0. The van der Waals surface area contributed by atoms with Crippen LogP contribution in [-0.2, 0) is 0 Å². The third kappa shape index (κ3) is 8.60. The van der Waals surface area contributed by atoms with Crippen molar-refractivity contribution >= 4 is 11.8 Å². The fourth-order valence-electron chi connectivity index (χ4n) is 1.74. The van der Waals surface area contributed by atoms with Crippen LogP contribution < -0.4 is 0 Å². The Balaban J connectivity index is 4.24. The number of hydrogen-bond acceptors (Lipinski definition) is 2. The van der Waals surface area contributed by atoms with Crippen molar-refractivity contribution in [1.82, 2.24) is 0 Å². The molecule has 0 aromatic rings. The maximum absolute atomic E-state index is 8.92. The van der Waals surface area contributed by atoms with E-state index in [9.17, 15) is 0 Å². The molecule has 0 aliphatic rings. The Morgan fingerprint density at radius 1 is 1.11 bits per heavy atom. The molecule has 0 heterocycles. The van der Waals surface area contributed by atoms with E-state index in [-0.39, 0.29) is 6.61 Å². The molecule has 0 saturated heterocycles. The lowest BCUT2D eigenvalue weighted by atomic mass is 10.1. The Morgan fingerprint density at radius 3 is 2.28 bits per heavy atom. The maximum atomic E-state index is 8.92. The largest absolute Gasteiger partial charge is 0.392 e. The van der Waals surface area contributed by atoms with Crippen molar-refractivity contribution in [2.75, 3.05) is 12.9 Å². The van der Waals surface area contributed by atoms with Gasteiger partial charge in [-0.3, -0.25) is 0 Å². The smallest absolute Gasteiger partial charge is 0.0615 e. The molecule has 0 aliphatic carbocycles. The molecule has 0 aromatic heterocycles. The number of aliphatic hydroxyl groups excluding tert-OH is 1. The summed E-state index contributed by atoms with van der Waals surface area (Å²) in [6.45, 7) is 8.74. The zero-order valence-electron chi connectivity index (χ0n) is 12.5. The average molecular weight is 268 g/mol. The van der Waals surface area contributed by atoms with Gasteiger partial charge in [0.1, 0.15) is 0 Å². The van der Waals surface area contributed by atoms with Gasteiger partial charge in [-0.05, 0) is 53.2 Å². The van der Waals surface area contributed by atoms with Gasteiger partial charge in [-0.25, -0.2) is 0 Å². The molecular formula is C16H28OS. The highest BCUT2D eigenvalue weighted by Crippen LogP contribution is 2.21. The molecule has 0 radical (unpaired) electrons. The fraction of sp³-hybridized carbons (Fsp3) is 0.625. The molecule has 0 aromatic carbocycles. The number of thioether (sulfide) groups is 1. The van der Waals surface area contributed by atoms with E-state index in [2.05, 4.69) is 46.1 Å². The molecule has 0 unspecified atom stereocenters. The standard InChI is InChI=1S/C16H28OS/c1-13(2)7-6-8-14(3)9-10-16(18-5)15(4)11-12-17/h7,9,11,16-17H,6,8,10,12H2,1-5H3/b14-9+,15-11+/t16-/m0/s1. The van der Waals surface area contributed by atoms with Gasteiger partial charge in [0.05, 0.1) is 6.61 Å². The van der Waals surface area contributed by atoms with Crippen LogP contribution in [0.1, 0.15) is 47.0 Å². The first-order valence-corrected chi connectivity index (χ1v) is 7.89. The second kappa shape index (κ2) is 10.5. The normalized spacial score (nSPS) is 14.6. The van der Waals surface area contributed by atoms with E-state index >= 15 is 0 Å².